The number of hydrogen-bond donors (Lipinski definition) is 1. The van der Waals surface area contributed by atoms with Gasteiger partial charge in [-0.15, -0.1) is 0 Å². The van der Waals surface area contributed by atoms with Crippen LogP contribution in [-0.2, 0) is 21.1 Å². The first kappa shape index (κ1) is 28.7. The van der Waals surface area contributed by atoms with Gasteiger partial charge in [0.05, 0.1) is 35.9 Å². The summed E-state index contributed by atoms with van der Waals surface area (Å²) in [4.78, 5) is 25.9. The molecule has 0 bridgehead atoms. The van der Waals surface area contributed by atoms with Crippen molar-refractivity contribution in [3.63, 3.8) is 0 Å². The summed E-state index contributed by atoms with van der Waals surface area (Å²) in [7, 11) is 1.45. The molecule has 42 heavy (non-hydrogen) atoms. The molecule has 218 valence electrons. The second-order valence-electron chi connectivity index (χ2n) is 9.91. The third-order valence-corrected chi connectivity index (χ3v) is 7.31. The number of nitrogens with zero attached hydrogens (tertiary/aromatic N) is 2. The van der Waals surface area contributed by atoms with E-state index in [0.29, 0.717) is 24.2 Å². The molecule has 1 aromatic heterocycles. The van der Waals surface area contributed by atoms with E-state index in [2.05, 4.69) is 5.16 Å². The quantitative estimate of drug-likeness (QED) is 0.227. The number of aryl methyl sites for hydroxylation is 1. The van der Waals surface area contributed by atoms with E-state index in [1.165, 1.54) is 19.2 Å². The molecule has 8 nitrogen and oxygen atoms in total. The largest absolute Gasteiger partial charge is 0.496 e. The zero-order valence-corrected chi connectivity index (χ0v) is 23.0. The molecular weight excluding hydrogens is 553 g/mol. The topological polar surface area (TPSA) is 102 Å². The van der Waals surface area contributed by atoms with Gasteiger partial charge in [-0.3, -0.25) is 4.79 Å². The average Bonchev–Trinajstić information content (AvgIpc) is 3.71. The summed E-state index contributed by atoms with van der Waals surface area (Å²) in [6.07, 6.45) is -4.33. The minimum atomic E-state index is -4.63. The molecule has 0 saturated heterocycles. The van der Waals surface area contributed by atoms with E-state index in [1.807, 2.05) is 12.1 Å². The molecule has 1 N–H and O–H groups in total. The number of ether oxygens (including phenoxy) is 2. The van der Waals surface area contributed by atoms with Gasteiger partial charge in [-0.05, 0) is 73.7 Å². The highest BCUT2D eigenvalue weighted by Crippen LogP contribution is 2.49. The third kappa shape index (κ3) is 5.17. The Balaban J connectivity index is 1.57. The van der Waals surface area contributed by atoms with Crippen molar-refractivity contribution in [2.45, 2.75) is 38.3 Å². The van der Waals surface area contributed by atoms with Crippen molar-refractivity contribution < 1.29 is 41.9 Å². The van der Waals surface area contributed by atoms with E-state index in [9.17, 15) is 27.9 Å². The van der Waals surface area contributed by atoms with Crippen molar-refractivity contribution in [3.05, 3.63) is 83.6 Å². The van der Waals surface area contributed by atoms with E-state index >= 15 is 0 Å². The lowest BCUT2D eigenvalue weighted by Gasteiger charge is -2.23. The molecule has 0 atom stereocenters. The van der Waals surface area contributed by atoms with Crippen LogP contribution in [0.1, 0.15) is 36.6 Å². The molecule has 5 rings (SSSR count). The number of benzene rings is 3. The normalized spacial score (nSPS) is 13.9. The van der Waals surface area contributed by atoms with Gasteiger partial charge < -0.3 is 19.1 Å². The summed E-state index contributed by atoms with van der Waals surface area (Å²) >= 11 is 0. The minimum Gasteiger partial charge on any atom is -0.496 e. The molecule has 1 aliphatic carbocycles. The zero-order chi connectivity index (χ0) is 30.2. The fraction of sp³-hybridized carbons (Fsp3) is 0.258. The molecule has 0 unspecified atom stereocenters. The van der Waals surface area contributed by atoms with Crippen LogP contribution in [0.15, 0.2) is 71.3 Å². The summed E-state index contributed by atoms with van der Waals surface area (Å²) in [6.45, 7) is 3.14. The number of carboxylic acid groups (broad SMARTS) is 1. The standard InChI is InChI=1S/C31H27F3N2O6/c1-4-41-29(39)36(23-7-5-6-22(17-23)31(32,33)34)26-18(2)35-42-27(26)24-13-10-20(16-25(24)40-3)19-8-11-21(12-9-19)30(14-15-30)28(37)38/h5-13,16-17H,4,14-15H2,1-3H3,(H,37,38). The number of halogens is 3. The predicted molar refractivity (Wildman–Crippen MR) is 148 cm³/mol. The lowest BCUT2D eigenvalue weighted by molar-refractivity contribution is -0.140. The first-order chi connectivity index (χ1) is 20.0. The summed E-state index contributed by atoms with van der Waals surface area (Å²) in [5.74, 6) is -0.388. The summed E-state index contributed by atoms with van der Waals surface area (Å²) in [5, 5.41) is 13.6. The predicted octanol–water partition coefficient (Wildman–Crippen LogP) is 7.76. The van der Waals surface area contributed by atoms with Crippen molar-refractivity contribution in [2.24, 2.45) is 0 Å². The fourth-order valence-electron chi connectivity index (χ4n) is 4.93. The maximum absolute atomic E-state index is 13.5. The van der Waals surface area contributed by atoms with Gasteiger partial charge in [0, 0.05) is 0 Å². The number of aliphatic carboxylic acids is 1. The van der Waals surface area contributed by atoms with Gasteiger partial charge in [-0.1, -0.05) is 41.6 Å². The molecule has 1 heterocycles. The van der Waals surface area contributed by atoms with Gasteiger partial charge in [-0.25, -0.2) is 9.69 Å². The lowest BCUT2D eigenvalue weighted by atomic mass is 9.93. The van der Waals surface area contributed by atoms with Crippen molar-refractivity contribution >= 4 is 23.4 Å². The highest BCUT2D eigenvalue weighted by atomic mass is 19.4. The van der Waals surface area contributed by atoms with Gasteiger partial charge in [0.15, 0.2) is 5.76 Å². The second-order valence-corrected chi connectivity index (χ2v) is 9.91. The number of anilines is 2. The Kier molecular flexibility index (Phi) is 7.44. The number of carbonyl (C=O) groups excluding carboxylic acids is 1. The van der Waals surface area contributed by atoms with Gasteiger partial charge in [-0.2, -0.15) is 13.2 Å². The molecule has 1 amide bonds. The molecule has 1 fully saturated rings. The van der Waals surface area contributed by atoms with Crippen LogP contribution in [0, 0.1) is 6.92 Å². The van der Waals surface area contributed by atoms with E-state index in [1.54, 1.807) is 44.2 Å². The van der Waals surface area contributed by atoms with Crippen molar-refractivity contribution in [1.29, 1.82) is 0 Å². The molecule has 0 radical (unpaired) electrons. The monoisotopic (exact) mass is 580 g/mol. The van der Waals surface area contributed by atoms with Crippen molar-refractivity contribution in [1.82, 2.24) is 5.16 Å². The molecule has 0 spiro atoms. The van der Waals surface area contributed by atoms with Gasteiger partial charge in [0.25, 0.3) is 0 Å². The van der Waals surface area contributed by atoms with Gasteiger partial charge >= 0.3 is 18.2 Å². The minimum absolute atomic E-state index is 0.0155. The number of carboxylic acids is 1. The Morgan fingerprint density at radius 2 is 1.74 bits per heavy atom. The van der Waals surface area contributed by atoms with Crippen LogP contribution < -0.4 is 9.64 Å². The number of methoxy groups -OCH3 is 1. The maximum atomic E-state index is 13.5. The van der Waals surface area contributed by atoms with Gasteiger partial charge in [0.2, 0.25) is 0 Å². The molecule has 3 aromatic carbocycles. The average molecular weight is 581 g/mol. The maximum Gasteiger partial charge on any atom is 0.419 e. The molecule has 0 aliphatic heterocycles. The molecule has 4 aromatic rings. The van der Waals surface area contributed by atoms with Crippen molar-refractivity contribution in [3.8, 4) is 28.2 Å². The number of carbonyl (C=O) groups is 2. The second kappa shape index (κ2) is 10.9. The Bertz CT molecular complexity index is 1640. The Morgan fingerprint density at radius 3 is 2.33 bits per heavy atom. The Morgan fingerprint density at radius 1 is 1.05 bits per heavy atom. The highest BCUT2D eigenvalue weighted by Gasteiger charge is 2.51. The van der Waals surface area contributed by atoms with Crippen LogP contribution >= 0.6 is 0 Å². The molecule has 1 aliphatic rings. The first-order valence-corrected chi connectivity index (χ1v) is 13.1. The van der Waals surface area contributed by atoms with E-state index in [4.69, 9.17) is 14.0 Å². The number of alkyl halides is 3. The van der Waals surface area contributed by atoms with Crippen molar-refractivity contribution in [2.75, 3.05) is 18.6 Å². The Hall–Kier alpha value is -4.80. The van der Waals surface area contributed by atoms with E-state index in [0.717, 1.165) is 33.7 Å². The van der Waals surface area contributed by atoms with Crippen LogP contribution in [0.4, 0.5) is 29.3 Å². The SMILES string of the molecule is CCOC(=O)N(c1cccc(C(F)(F)F)c1)c1c(C)noc1-c1ccc(-c2ccc(C3(C(=O)O)CC3)cc2)cc1OC. The van der Waals surface area contributed by atoms with Crippen LogP contribution in [-0.4, -0.2) is 36.0 Å². The molecule has 1 saturated carbocycles. The number of hydrogen-bond acceptors (Lipinski definition) is 6. The van der Waals surface area contributed by atoms with Crippen LogP contribution in [0.2, 0.25) is 0 Å². The highest BCUT2D eigenvalue weighted by molar-refractivity contribution is 6.01. The van der Waals surface area contributed by atoms with E-state index in [-0.39, 0.29) is 29.4 Å². The zero-order valence-electron chi connectivity index (χ0n) is 23.0. The number of aromatic nitrogens is 1. The fourth-order valence-corrected chi connectivity index (χ4v) is 4.93. The molecular formula is C31H27F3N2O6. The van der Waals surface area contributed by atoms with E-state index < -0.39 is 29.2 Å². The summed E-state index contributed by atoms with van der Waals surface area (Å²) < 4.78 is 57.1. The summed E-state index contributed by atoms with van der Waals surface area (Å²) in [6, 6.07) is 16.9. The lowest BCUT2D eigenvalue weighted by Crippen LogP contribution is -2.28. The number of rotatable bonds is 8. The van der Waals surface area contributed by atoms with Crippen LogP contribution in [0.5, 0.6) is 5.75 Å². The third-order valence-electron chi connectivity index (χ3n) is 7.31. The van der Waals surface area contributed by atoms with Gasteiger partial charge in [0.1, 0.15) is 17.1 Å². The summed E-state index contributed by atoms with van der Waals surface area (Å²) in [5.41, 5.74) is 1.24. The molecule has 11 heteroatoms. The Labute approximate surface area is 239 Å². The first-order valence-electron chi connectivity index (χ1n) is 13.1. The van der Waals surface area contributed by atoms with Crippen LogP contribution in [0.3, 0.4) is 0 Å². The smallest absolute Gasteiger partial charge is 0.419 e. The van der Waals surface area contributed by atoms with Crippen LogP contribution in [0.25, 0.3) is 22.5 Å². The number of amides is 1.